The summed E-state index contributed by atoms with van der Waals surface area (Å²) in [4.78, 5) is 10.3. The minimum atomic E-state index is -1.11. The van der Waals surface area contributed by atoms with Crippen LogP contribution in [0.5, 0.6) is 5.75 Å². The molecule has 0 aromatic heterocycles. The van der Waals surface area contributed by atoms with Gasteiger partial charge in [-0.2, -0.15) is 0 Å². The van der Waals surface area contributed by atoms with Crippen LogP contribution in [0.2, 0.25) is 8.25 Å². The molecule has 1 rings (SSSR count). The molecule has 4 heteroatoms. The maximum absolute atomic E-state index is 10.3. The minimum Gasteiger partial charge on any atom is -0.507 e. The number of aromatic hydroxyl groups is 1. The van der Waals surface area contributed by atoms with E-state index in [0.29, 0.717) is 24.5 Å². The number of para-hydroxylation sites is 1. The van der Waals surface area contributed by atoms with Crippen LogP contribution in [0.3, 0.4) is 0 Å². The average Bonchev–Trinajstić information content (AvgIpc) is 2.12. The molecule has 0 aliphatic carbocycles. The topological polar surface area (TPSA) is 57.5 Å². The molecule has 0 aliphatic rings. The zero-order valence-electron chi connectivity index (χ0n) is 12.6. The number of benzene rings is 1. The van der Waals surface area contributed by atoms with Gasteiger partial charge in [0.1, 0.15) is 11.3 Å². The van der Waals surface area contributed by atoms with Gasteiger partial charge in [0.2, 0.25) is 0 Å². The second kappa shape index (κ2) is 7.02. The number of hydrogen-bond donors (Lipinski definition) is 2. The van der Waals surface area contributed by atoms with E-state index in [9.17, 15) is 4.79 Å². The van der Waals surface area contributed by atoms with Gasteiger partial charge in [-0.1, -0.05) is 12.1 Å². The van der Waals surface area contributed by atoms with Crippen LogP contribution >= 0.6 is 0 Å². The van der Waals surface area contributed by atoms with Gasteiger partial charge in [0.25, 0.3) is 0 Å². The van der Waals surface area contributed by atoms with Gasteiger partial charge in [-0.15, -0.1) is 0 Å². The second-order valence-corrected chi connectivity index (χ2v) is 10.8. The second-order valence-electron chi connectivity index (χ2n) is 6.28. The Labute approximate surface area is 123 Å². The van der Waals surface area contributed by atoms with Crippen molar-refractivity contribution in [2.45, 2.75) is 49.8 Å². The number of carboxylic acid groups (broad SMARTS) is 1. The van der Waals surface area contributed by atoms with E-state index in [2.05, 4.69) is 41.5 Å². The third-order valence-corrected chi connectivity index (χ3v) is 3.90. The number of carboxylic acids is 1. The van der Waals surface area contributed by atoms with Gasteiger partial charge in [-0.05, 0) is 12.1 Å². The molecular weight excluding hydrogens is 279 g/mol. The molecule has 2 N–H and O–H groups in total. The van der Waals surface area contributed by atoms with Crippen LogP contribution in [0.1, 0.15) is 51.9 Å². The van der Waals surface area contributed by atoms with Crippen molar-refractivity contribution in [3.63, 3.8) is 0 Å². The Kier molecular flexibility index (Phi) is 6.68. The predicted octanol–water partition coefficient (Wildman–Crippen LogP) is 4.60. The largest absolute Gasteiger partial charge is 0.507 e. The first-order valence-electron chi connectivity index (χ1n) is 6.18. The maximum Gasteiger partial charge on any atom is 0.339 e. The van der Waals surface area contributed by atoms with Gasteiger partial charge in [0.05, 0.1) is 0 Å². The molecule has 0 saturated heterocycles. The fourth-order valence-electron chi connectivity index (χ4n) is 1.66. The summed E-state index contributed by atoms with van der Waals surface area (Å²) in [5, 5.41) is 17.3. The van der Waals surface area contributed by atoms with Gasteiger partial charge >= 0.3 is 72.1 Å². The number of aromatic carboxylic acids is 1. The predicted molar refractivity (Wildman–Crippen MR) is 74.5 cm³/mol. The Morgan fingerprint density at radius 2 is 1.42 bits per heavy atom. The summed E-state index contributed by atoms with van der Waals surface area (Å²) in [6.07, 6.45) is 0. The summed E-state index contributed by atoms with van der Waals surface area (Å²) in [5.74, 6) is -1.31. The van der Waals surface area contributed by atoms with Crippen molar-refractivity contribution < 1.29 is 31.3 Å². The van der Waals surface area contributed by atoms with Gasteiger partial charge < -0.3 is 10.2 Å². The van der Waals surface area contributed by atoms with Crippen LogP contribution in [0.4, 0.5) is 0 Å². The van der Waals surface area contributed by atoms with Crippen molar-refractivity contribution in [1.82, 2.24) is 0 Å². The quantitative estimate of drug-likeness (QED) is 0.797. The first-order valence-corrected chi connectivity index (χ1v) is 7.57. The molecule has 0 radical (unpaired) electrons. The zero-order valence-corrected chi connectivity index (χ0v) is 14.0. The van der Waals surface area contributed by atoms with Gasteiger partial charge in [0.15, 0.2) is 0 Å². The van der Waals surface area contributed by atoms with Crippen LogP contribution in [0.25, 0.3) is 0 Å². The van der Waals surface area contributed by atoms with E-state index >= 15 is 0 Å². The summed E-state index contributed by atoms with van der Waals surface area (Å²) in [7, 11) is 0. The SMILES string of the molecule is C[C](C)(C)[V][C](C)(C)C.O=C(O)c1ccccc1O. The minimum absolute atomic E-state index is 0.0671. The van der Waals surface area contributed by atoms with E-state index in [0.717, 1.165) is 0 Å². The van der Waals surface area contributed by atoms with E-state index in [4.69, 9.17) is 10.2 Å². The van der Waals surface area contributed by atoms with Crippen molar-refractivity contribution in [2.75, 3.05) is 0 Å². The van der Waals surface area contributed by atoms with Crippen molar-refractivity contribution in [3.8, 4) is 5.75 Å². The molecule has 107 valence electrons. The Bertz CT molecular complexity index is 402. The molecular formula is C15H24O3V. The summed E-state index contributed by atoms with van der Waals surface area (Å²) in [5.41, 5.74) is -0.0671. The monoisotopic (exact) mass is 303 g/mol. The number of hydrogen-bond acceptors (Lipinski definition) is 2. The molecule has 19 heavy (non-hydrogen) atoms. The molecule has 0 aliphatic heterocycles. The molecule has 0 spiro atoms. The van der Waals surface area contributed by atoms with E-state index in [1.165, 1.54) is 12.1 Å². The van der Waals surface area contributed by atoms with Crippen LogP contribution in [0.15, 0.2) is 24.3 Å². The molecule has 0 atom stereocenters. The fourth-order valence-corrected chi connectivity index (χ4v) is 4.80. The van der Waals surface area contributed by atoms with Crippen molar-refractivity contribution in [2.24, 2.45) is 0 Å². The normalized spacial score (nSPS) is 11.3. The maximum atomic E-state index is 10.3. The molecule has 3 nitrogen and oxygen atoms in total. The van der Waals surface area contributed by atoms with Crippen molar-refractivity contribution in [3.05, 3.63) is 29.8 Å². The van der Waals surface area contributed by atoms with E-state index in [1.807, 2.05) is 0 Å². The van der Waals surface area contributed by atoms with Crippen LogP contribution in [-0.4, -0.2) is 16.2 Å². The Morgan fingerprint density at radius 1 is 1.00 bits per heavy atom. The van der Waals surface area contributed by atoms with E-state index < -0.39 is 5.97 Å². The molecule has 0 heterocycles. The van der Waals surface area contributed by atoms with Gasteiger partial charge in [-0.3, -0.25) is 0 Å². The third kappa shape index (κ3) is 9.63. The van der Waals surface area contributed by atoms with E-state index in [-0.39, 0.29) is 11.3 Å². The molecule has 0 amide bonds. The van der Waals surface area contributed by atoms with Crippen LogP contribution in [-0.2, 0) is 16.3 Å². The zero-order chi connectivity index (χ0) is 15.3. The van der Waals surface area contributed by atoms with Gasteiger partial charge in [-0.25, -0.2) is 4.79 Å². The molecule has 0 unspecified atom stereocenters. The number of phenols is 1. The number of carbonyl (C=O) groups is 1. The summed E-state index contributed by atoms with van der Waals surface area (Å²) in [6, 6.07) is 5.81. The summed E-state index contributed by atoms with van der Waals surface area (Å²) >= 11 is 0.479. The Balaban J connectivity index is 0.000000344. The van der Waals surface area contributed by atoms with Crippen LogP contribution < -0.4 is 0 Å². The Hall–Kier alpha value is -0.926. The summed E-state index contributed by atoms with van der Waals surface area (Å²) in [6.45, 7) is 14.0. The molecule has 0 fully saturated rings. The molecule has 0 bridgehead atoms. The van der Waals surface area contributed by atoms with E-state index in [1.54, 1.807) is 12.1 Å². The van der Waals surface area contributed by atoms with Gasteiger partial charge in [0, 0.05) is 0 Å². The Morgan fingerprint density at radius 3 is 1.63 bits per heavy atom. The smallest absolute Gasteiger partial charge is 0.339 e. The molecule has 1 aromatic carbocycles. The first kappa shape index (κ1) is 18.1. The van der Waals surface area contributed by atoms with Crippen LogP contribution in [0, 0.1) is 0 Å². The van der Waals surface area contributed by atoms with Crippen molar-refractivity contribution in [1.29, 1.82) is 0 Å². The average molecular weight is 303 g/mol. The van der Waals surface area contributed by atoms with Crippen molar-refractivity contribution >= 4 is 5.97 Å². The summed E-state index contributed by atoms with van der Waals surface area (Å²) < 4.78 is 1.16. The molecule has 1 aromatic rings. The standard InChI is InChI=1S/C7H6O3.2C4H9.V/c8-6-4-2-1-3-5(6)7(9)10;2*1-4(2)3;/h1-4,8H,(H,9,10);2*1-3H3;. The fraction of sp³-hybridized carbons (Fsp3) is 0.533. The first-order chi connectivity index (χ1) is 8.42. The molecule has 0 saturated carbocycles. The number of rotatable bonds is 1. The third-order valence-electron chi connectivity index (χ3n) is 1.81.